The second kappa shape index (κ2) is 8.25. The molecule has 10 heteroatoms. The van der Waals surface area contributed by atoms with Gasteiger partial charge in [0.05, 0.1) is 11.4 Å². The van der Waals surface area contributed by atoms with Gasteiger partial charge < -0.3 is 10.6 Å². The van der Waals surface area contributed by atoms with Gasteiger partial charge in [-0.25, -0.2) is 18.1 Å². The summed E-state index contributed by atoms with van der Waals surface area (Å²) in [5.74, 6) is -0.885. The van der Waals surface area contributed by atoms with Crippen molar-refractivity contribution in [2.45, 2.75) is 64.5 Å². The molecule has 0 bridgehead atoms. The lowest BCUT2D eigenvalue weighted by Gasteiger charge is -2.24. The number of carbonyl (C=O) groups is 3. The fraction of sp³-hybridized carbons (Fsp3) is 0.550. The normalized spacial score (nSPS) is 19.1. The maximum Gasteiger partial charge on any atom is 0.325 e. The molecule has 3 N–H and O–H groups in total. The Bertz CT molecular complexity index is 969. The van der Waals surface area contributed by atoms with Gasteiger partial charge in [0.15, 0.2) is 0 Å². The molecule has 9 nitrogen and oxygen atoms in total. The van der Waals surface area contributed by atoms with Crippen LogP contribution in [0.4, 0.5) is 16.2 Å². The number of sulfonamides is 1. The number of anilines is 2. The first-order valence-corrected chi connectivity index (χ1v) is 11.8. The second-order valence-corrected chi connectivity index (χ2v) is 9.80. The van der Waals surface area contributed by atoms with E-state index in [1.54, 1.807) is 32.0 Å². The molecule has 1 heterocycles. The first-order valence-electron chi connectivity index (χ1n) is 10.2. The molecule has 1 aliphatic heterocycles. The number of hydrogen-bond acceptors (Lipinski definition) is 5. The summed E-state index contributed by atoms with van der Waals surface area (Å²) < 4.78 is 26.7. The average Bonchev–Trinajstić information content (AvgIpc) is 3.23. The topological polar surface area (TPSA) is 125 Å². The summed E-state index contributed by atoms with van der Waals surface area (Å²) in [4.78, 5) is 39.1. The van der Waals surface area contributed by atoms with Gasteiger partial charge in [-0.2, -0.15) is 0 Å². The Hall–Kier alpha value is -2.62. The minimum atomic E-state index is -3.48. The largest absolute Gasteiger partial charge is 0.325 e. The highest BCUT2D eigenvalue weighted by Gasteiger charge is 2.54. The Kier molecular flexibility index (Phi) is 6.07. The van der Waals surface area contributed by atoms with Gasteiger partial charge in [0.25, 0.3) is 5.91 Å². The van der Waals surface area contributed by atoms with E-state index in [1.807, 2.05) is 0 Å². The summed E-state index contributed by atoms with van der Waals surface area (Å²) in [7, 11) is -3.48. The standard InChI is InChI=1S/C20H28N4O5S/c1-4-12-30(28,29)23-16-9-7-8-15(13(16)2)21-17(25)14(3)24-18(26)20(22-19(24)27)10-5-6-11-20/h7-9,14,23H,4-6,10-12H2,1-3H3,(H,21,25)(H,22,27). The van der Waals surface area contributed by atoms with Crippen LogP contribution in [0.1, 0.15) is 51.5 Å². The summed E-state index contributed by atoms with van der Waals surface area (Å²) in [6.45, 7) is 4.96. The van der Waals surface area contributed by atoms with Crippen LogP contribution in [0, 0.1) is 6.92 Å². The van der Waals surface area contributed by atoms with Gasteiger partial charge in [-0.3, -0.25) is 14.3 Å². The Morgan fingerprint density at radius 1 is 1.23 bits per heavy atom. The van der Waals surface area contributed by atoms with Crippen LogP contribution in [0.15, 0.2) is 18.2 Å². The van der Waals surface area contributed by atoms with Crippen LogP contribution in [-0.4, -0.2) is 48.5 Å². The van der Waals surface area contributed by atoms with Crippen molar-refractivity contribution in [3.05, 3.63) is 23.8 Å². The van der Waals surface area contributed by atoms with Crippen LogP contribution < -0.4 is 15.4 Å². The van der Waals surface area contributed by atoms with Crippen molar-refractivity contribution < 1.29 is 22.8 Å². The lowest BCUT2D eigenvalue weighted by atomic mass is 9.97. The molecular formula is C20H28N4O5S. The van der Waals surface area contributed by atoms with Gasteiger partial charge in [-0.1, -0.05) is 25.8 Å². The van der Waals surface area contributed by atoms with Crippen molar-refractivity contribution in [2.24, 2.45) is 0 Å². The summed E-state index contributed by atoms with van der Waals surface area (Å²) in [5, 5.41) is 5.49. The van der Waals surface area contributed by atoms with Gasteiger partial charge in [0, 0.05) is 5.69 Å². The number of hydrogen-bond donors (Lipinski definition) is 3. The first-order chi connectivity index (χ1) is 14.1. The molecule has 1 atom stereocenters. The molecule has 2 aliphatic rings. The molecule has 164 valence electrons. The Balaban J connectivity index is 1.75. The van der Waals surface area contributed by atoms with Gasteiger partial charge >= 0.3 is 6.03 Å². The SMILES string of the molecule is CCCS(=O)(=O)Nc1cccc(NC(=O)C(C)N2C(=O)NC3(CCCC3)C2=O)c1C. The number of amides is 4. The summed E-state index contributed by atoms with van der Waals surface area (Å²) in [5.41, 5.74) is 0.445. The van der Waals surface area contributed by atoms with E-state index < -0.39 is 33.5 Å². The molecule has 1 aliphatic carbocycles. The molecule has 4 amide bonds. The van der Waals surface area contributed by atoms with Crippen LogP contribution >= 0.6 is 0 Å². The van der Waals surface area contributed by atoms with E-state index >= 15 is 0 Å². The Labute approximate surface area is 176 Å². The number of urea groups is 1. The van der Waals surface area contributed by atoms with E-state index in [0.717, 1.165) is 17.7 Å². The van der Waals surface area contributed by atoms with Gasteiger partial charge in [0.1, 0.15) is 11.6 Å². The van der Waals surface area contributed by atoms with Crippen molar-refractivity contribution in [3.63, 3.8) is 0 Å². The summed E-state index contributed by atoms with van der Waals surface area (Å²) in [6, 6.07) is 3.32. The maximum atomic E-state index is 12.9. The van der Waals surface area contributed by atoms with Gasteiger partial charge in [-0.05, 0) is 50.8 Å². The number of imide groups is 1. The highest BCUT2D eigenvalue weighted by atomic mass is 32.2. The van der Waals surface area contributed by atoms with Crippen LogP contribution in [0.5, 0.6) is 0 Å². The van der Waals surface area contributed by atoms with Crippen LogP contribution in [0.3, 0.4) is 0 Å². The fourth-order valence-electron chi connectivity index (χ4n) is 4.03. The number of nitrogens with one attached hydrogen (secondary N) is 3. The number of nitrogens with zero attached hydrogens (tertiary/aromatic N) is 1. The third-order valence-corrected chi connectivity index (χ3v) is 7.22. The van der Waals surface area contributed by atoms with Gasteiger partial charge in [0.2, 0.25) is 15.9 Å². The summed E-state index contributed by atoms with van der Waals surface area (Å²) in [6.07, 6.45) is 3.37. The molecule has 30 heavy (non-hydrogen) atoms. The van der Waals surface area contributed by atoms with Crippen molar-refractivity contribution in [2.75, 3.05) is 15.8 Å². The molecule has 1 unspecified atom stereocenters. The molecule has 2 fully saturated rings. The molecule has 1 saturated carbocycles. The van der Waals surface area contributed by atoms with Crippen LogP contribution in [0.2, 0.25) is 0 Å². The van der Waals surface area contributed by atoms with Crippen LogP contribution in [0.25, 0.3) is 0 Å². The Morgan fingerprint density at radius 3 is 2.50 bits per heavy atom. The lowest BCUT2D eigenvalue weighted by Crippen LogP contribution is -2.48. The lowest BCUT2D eigenvalue weighted by molar-refractivity contribution is -0.136. The molecule has 1 spiro atoms. The predicted octanol–water partition coefficient (Wildman–Crippen LogP) is 2.34. The van der Waals surface area contributed by atoms with E-state index in [9.17, 15) is 22.8 Å². The summed E-state index contributed by atoms with van der Waals surface area (Å²) >= 11 is 0. The van der Waals surface area contributed by atoms with Gasteiger partial charge in [-0.15, -0.1) is 0 Å². The third kappa shape index (κ3) is 4.14. The molecule has 1 aromatic rings. The number of rotatable bonds is 7. The zero-order chi connectivity index (χ0) is 22.1. The minimum Gasteiger partial charge on any atom is -0.324 e. The first kappa shape index (κ1) is 22.1. The minimum absolute atomic E-state index is 0.00596. The van der Waals surface area contributed by atoms with E-state index in [0.29, 0.717) is 36.2 Å². The zero-order valence-corrected chi connectivity index (χ0v) is 18.3. The van der Waals surface area contributed by atoms with E-state index in [-0.39, 0.29) is 11.7 Å². The van der Waals surface area contributed by atoms with Crippen molar-refractivity contribution >= 4 is 39.2 Å². The second-order valence-electron chi connectivity index (χ2n) is 7.96. The Morgan fingerprint density at radius 2 is 1.87 bits per heavy atom. The molecule has 1 saturated heterocycles. The molecular weight excluding hydrogens is 408 g/mol. The zero-order valence-electron chi connectivity index (χ0n) is 17.4. The third-order valence-electron chi connectivity index (χ3n) is 5.75. The predicted molar refractivity (Wildman–Crippen MR) is 114 cm³/mol. The highest BCUT2D eigenvalue weighted by molar-refractivity contribution is 7.92. The van der Waals surface area contributed by atoms with Crippen molar-refractivity contribution in [1.82, 2.24) is 10.2 Å². The van der Waals surface area contributed by atoms with E-state index in [2.05, 4.69) is 15.4 Å². The fourth-order valence-corrected chi connectivity index (χ4v) is 5.23. The smallest absolute Gasteiger partial charge is 0.324 e. The molecule has 0 aromatic heterocycles. The molecule has 0 radical (unpaired) electrons. The van der Waals surface area contributed by atoms with Crippen molar-refractivity contribution in [1.29, 1.82) is 0 Å². The molecule has 1 aromatic carbocycles. The number of benzene rings is 1. The van der Waals surface area contributed by atoms with Crippen molar-refractivity contribution in [3.8, 4) is 0 Å². The van der Waals surface area contributed by atoms with E-state index in [1.165, 1.54) is 6.92 Å². The monoisotopic (exact) mass is 436 g/mol. The van der Waals surface area contributed by atoms with E-state index in [4.69, 9.17) is 0 Å². The maximum absolute atomic E-state index is 12.9. The number of carbonyl (C=O) groups excluding carboxylic acids is 3. The average molecular weight is 437 g/mol. The molecule has 3 rings (SSSR count). The highest BCUT2D eigenvalue weighted by Crippen LogP contribution is 2.36. The quantitative estimate of drug-likeness (QED) is 0.566. The van der Waals surface area contributed by atoms with Crippen LogP contribution in [-0.2, 0) is 19.6 Å².